The van der Waals surface area contributed by atoms with Crippen molar-refractivity contribution in [2.75, 3.05) is 7.11 Å². The van der Waals surface area contributed by atoms with Crippen LogP contribution in [0.15, 0.2) is 22.8 Å². The number of methoxy groups -OCH3 is 1. The van der Waals surface area contributed by atoms with E-state index in [0.29, 0.717) is 11.3 Å². The van der Waals surface area contributed by atoms with Crippen LogP contribution in [0.25, 0.3) is 10.9 Å². The molecule has 0 unspecified atom stereocenters. The van der Waals surface area contributed by atoms with Crippen molar-refractivity contribution in [3.63, 3.8) is 0 Å². The lowest BCUT2D eigenvalue weighted by molar-refractivity contribution is 0.274. The van der Waals surface area contributed by atoms with Gasteiger partial charge in [-0.05, 0) is 40.5 Å². The smallest absolute Gasteiger partial charge is 0.135 e. The van der Waals surface area contributed by atoms with E-state index in [4.69, 9.17) is 4.74 Å². The van der Waals surface area contributed by atoms with E-state index in [1.54, 1.807) is 13.3 Å². The largest absolute Gasteiger partial charge is 0.496 e. The Kier molecular flexibility index (Phi) is 3.12. The minimum absolute atomic E-state index is 0.0718. The zero-order valence-corrected chi connectivity index (χ0v) is 10.7. The van der Waals surface area contributed by atoms with Gasteiger partial charge in [0.15, 0.2) is 0 Å². The van der Waals surface area contributed by atoms with Crippen molar-refractivity contribution in [1.29, 1.82) is 0 Å². The molecule has 1 N–H and O–H groups in total. The molecule has 0 aliphatic rings. The Morgan fingerprint density at radius 2 is 2.19 bits per heavy atom. The molecule has 0 aliphatic carbocycles. The molecule has 2 aromatic rings. The highest BCUT2D eigenvalue weighted by Crippen LogP contribution is 2.33. The van der Waals surface area contributed by atoms with Gasteiger partial charge in [0.05, 0.1) is 19.2 Å². The number of aryl methyl sites for hydroxylation is 1. The summed E-state index contributed by atoms with van der Waals surface area (Å²) >= 11 is 3.48. The Balaban J connectivity index is 2.86. The fraction of sp³-hybridized carbons (Fsp3) is 0.250. The van der Waals surface area contributed by atoms with Gasteiger partial charge in [-0.3, -0.25) is 4.98 Å². The summed E-state index contributed by atoms with van der Waals surface area (Å²) in [7, 11) is 1.60. The lowest BCUT2D eigenvalue weighted by atomic mass is 10.1. The van der Waals surface area contributed by atoms with E-state index in [9.17, 15) is 5.11 Å². The third-order valence-electron chi connectivity index (χ3n) is 2.47. The van der Waals surface area contributed by atoms with Gasteiger partial charge in [0.2, 0.25) is 0 Å². The highest BCUT2D eigenvalue weighted by atomic mass is 79.9. The summed E-state index contributed by atoms with van der Waals surface area (Å²) in [6.45, 7) is 1.94. The molecular formula is C12H12BrNO2. The van der Waals surface area contributed by atoms with E-state index < -0.39 is 0 Å². The number of pyridine rings is 1. The molecule has 0 spiro atoms. The molecule has 0 bridgehead atoms. The second-order valence-corrected chi connectivity index (χ2v) is 4.47. The first-order valence-electron chi connectivity index (χ1n) is 4.90. The number of hydrogen-bond donors (Lipinski definition) is 1. The summed E-state index contributed by atoms with van der Waals surface area (Å²) in [5.74, 6) is 0.692. The van der Waals surface area contributed by atoms with Crippen LogP contribution in [-0.4, -0.2) is 17.2 Å². The van der Waals surface area contributed by atoms with Crippen LogP contribution in [0.1, 0.15) is 11.1 Å². The summed E-state index contributed by atoms with van der Waals surface area (Å²) < 4.78 is 6.27. The molecule has 16 heavy (non-hydrogen) atoms. The van der Waals surface area contributed by atoms with E-state index in [-0.39, 0.29) is 6.61 Å². The number of nitrogens with zero attached hydrogens (tertiary/aromatic N) is 1. The van der Waals surface area contributed by atoms with Crippen LogP contribution in [0.5, 0.6) is 5.75 Å². The Bertz CT molecular complexity index is 540. The van der Waals surface area contributed by atoms with E-state index >= 15 is 0 Å². The molecule has 4 heteroatoms. The van der Waals surface area contributed by atoms with Gasteiger partial charge in [-0.2, -0.15) is 0 Å². The second-order valence-electron chi connectivity index (χ2n) is 3.62. The van der Waals surface area contributed by atoms with Crippen LogP contribution in [0.4, 0.5) is 0 Å². The summed E-state index contributed by atoms with van der Waals surface area (Å²) in [6.07, 6.45) is 1.64. The number of ether oxygens (including phenoxy) is 1. The molecule has 1 aromatic carbocycles. The van der Waals surface area contributed by atoms with Crippen LogP contribution in [0.3, 0.4) is 0 Å². The first-order chi connectivity index (χ1) is 7.67. The van der Waals surface area contributed by atoms with Crippen molar-refractivity contribution >= 4 is 26.8 Å². The lowest BCUT2D eigenvalue weighted by Gasteiger charge is -2.11. The standard InChI is InChI=1S/C12H12BrNO2/c1-7-3-9-11(10(13)4-7)14-5-8(6-15)12(9)16-2/h3-5,15H,6H2,1-2H3. The molecule has 1 aromatic heterocycles. The molecule has 2 rings (SSSR count). The fourth-order valence-electron chi connectivity index (χ4n) is 1.77. The average molecular weight is 282 g/mol. The fourth-order valence-corrected chi connectivity index (χ4v) is 2.44. The number of aliphatic hydroxyl groups is 1. The highest BCUT2D eigenvalue weighted by Gasteiger charge is 2.11. The number of aromatic nitrogens is 1. The van der Waals surface area contributed by atoms with Crippen molar-refractivity contribution in [3.8, 4) is 5.75 Å². The predicted octanol–water partition coefficient (Wildman–Crippen LogP) is 2.81. The van der Waals surface area contributed by atoms with E-state index in [1.165, 1.54) is 0 Å². The minimum Gasteiger partial charge on any atom is -0.496 e. The van der Waals surface area contributed by atoms with Crippen molar-refractivity contribution in [3.05, 3.63) is 33.9 Å². The minimum atomic E-state index is -0.0718. The highest BCUT2D eigenvalue weighted by molar-refractivity contribution is 9.10. The summed E-state index contributed by atoms with van der Waals surface area (Å²) in [6, 6.07) is 4.01. The first-order valence-corrected chi connectivity index (χ1v) is 5.69. The lowest BCUT2D eigenvalue weighted by Crippen LogP contribution is -1.96. The molecule has 0 saturated carbocycles. The molecule has 0 aliphatic heterocycles. The van der Waals surface area contributed by atoms with Crippen LogP contribution in [0, 0.1) is 6.92 Å². The van der Waals surface area contributed by atoms with Gasteiger partial charge in [0, 0.05) is 21.6 Å². The van der Waals surface area contributed by atoms with E-state index in [0.717, 1.165) is 20.9 Å². The number of aliphatic hydroxyl groups excluding tert-OH is 1. The molecule has 0 radical (unpaired) electrons. The van der Waals surface area contributed by atoms with Crippen molar-refractivity contribution in [1.82, 2.24) is 4.98 Å². The topological polar surface area (TPSA) is 42.4 Å². The summed E-state index contributed by atoms with van der Waals surface area (Å²) in [5, 5.41) is 10.1. The first kappa shape index (κ1) is 11.4. The number of benzene rings is 1. The molecule has 0 amide bonds. The predicted molar refractivity (Wildman–Crippen MR) is 66.7 cm³/mol. The zero-order chi connectivity index (χ0) is 11.7. The maximum absolute atomic E-state index is 9.22. The third kappa shape index (κ3) is 1.79. The number of halogens is 1. The Labute approximate surface area is 102 Å². The molecule has 0 saturated heterocycles. The Morgan fingerprint density at radius 3 is 2.81 bits per heavy atom. The third-order valence-corrected chi connectivity index (χ3v) is 3.07. The average Bonchev–Trinajstić information content (AvgIpc) is 2.27. The molecule has 0 atom stereocenters. The SMILES string of the molecule is COc1c(CO)cnc2c(Br)cc(C)cc12. The van der Waals surface area contributed by atoms with Gasteiger partial charge >= 0.3 is 0 Å². The summed E-state index contributed by atoms with van der Waals surface area (Å²) in [5.41, 5.74) is 2.67. The van der Waals surface area contributed by atoms with Crippen molar-refractivity contribution in [2.24, 2.45) is 0 Å². The molecule has 3 nitrogen and oxygen atoms in total. The van der Waals surface area contributed by atoms with Gasteiger partial charge in [-0.1, -0.05) is 0 Å². The van der Waals surface area contributed by atoms with Crippen LogP contribution in [0.2, 0.25) is 0 Å². The second kappa shape index (κ2) is 4.39. The van der Waals surface area contributed by atoms with Gasteiger partial charge < -0.3 is 9.84 Å². The normalized spacial score (nSPS) is 10.8. The quantitative estimate of drug-likeness (QED) is 0.921. The maximum Gasteiger partial charge on any atom is 0.135 e. The number of hydrogen-bond acceptors (Lipinski definition) is 3. The van der Waals surface area contributed by atoms with Gasteiger partial charge in [0.1, 0.15) is 5.75 Å². The van der Waals surface area contributed by atoms with Crippen molar-refractivity contribution < 1.29 is 9.84 Å². The molecule has 84 valence electrons. The van der Waals surface area contributed by atoms with Gasteiger partial charge in [0.25, 0.3) is 0 Å². The van der Waals surface area contributed by atoms with Crippen LogP contribution >= 0.6 is 15.9 Å². The Hall–Kier alpha value is -1.13. The number of rotatable bonds is 2. The zero-order valence-electron chi connectivity index (χ0n) is 9.12. The van der Waals surface area contributed by atoms with Crippen molar-refractivity contribution in [2.45, 2.75) is 13.5 Å². The number of fused-ring (bicyclic) bond motifs is 1. The maximum atomic E-state index is 9.22. The summed E-state index contributed by atoms with van der Waals surface area (Å²) in [4.78, 5) is 4.31. The van der Waals surface area contributed by atoms with Gasteiger partial charge in [-0.25, -0.2) is 0 Å². The van der Waals surface area contributed by atoms with Crippen LogP contribution in [-0.2, 0) is 6.61 Å². The van der Waals surface area contributed by atoms with E-state index in [1.807, 2.05) is 19.1 Å². The van der Waals surface area contributed by atoms with E-state index in [2.05, 4.69) is 20.9 Å². The Morgan fingerprint density at radius 1 is 1.44 bits per heavy atom. The van der Waals surface area contributed by atoms with Crippen LogP contribution < -0.4 is 4.74 Å². The monoisotopic (exact) mass is 281 g/mol. The molecular weight excluding hydrogens is 270 g/mol. The van der Waals surface area contributed by atoms with Gasteiger partial charge in [-0.15, -0.1) is 0 Å². The molecule has 1 heterocycles. The molecule has 0 fully saturated rings.